The molecule has 4 aromatic rings. The molecule has 10 atom stereocenters. The number of nitrogen functional groups attached to an aromatic ring is 2. The average molecular weight is 708 g/mol. The number of aromatic nitrogens is 8. The fraction of sp³-hybridized carbons (Fsp3) is 0.500. The number of H-pyrrole nitrogens is 2. The minimum atomic E-state index is -5.44. The third-order valence-electron chi connectivity index (χ3n) is 7.13. The van der Waals surface area contributed by atoms with Gasteiger partial charge in [0, 0.05) is 0 Å². The smallest absolute Gasteiger partial charge is 0.387 e. The fourth-order valence-electron chi connectivity index (χ4n) is 4.96. The van der Waals surface area contributed by atoms with Gasteiger partial charge in [-0.15, -0.1) is 0 Å². The Balaban J connectivity index is 1.06. The quantitative estimate of drug-likeness (QED) is 0.0700. The minimum Gasteiger partial charge on any atom is -0.387 e. The Morgan fingerprint density at radius 2 is 1.13 bits per heavy atom. The lowest BCUT2D eigenvalue weighted by atomic mass is 10.1. The molecule has 0 radical (unpaired) electrons. The molecule has 2 saturated heterocycles. The van der Waals surface area contributed by atoms with Crippen LogP contribution in [0.5, 0.6) is 0 Å². The highest BCUT2D eigenvalue weighted by Crippen LogP contribution is 2.60. The summed E-state index contributed by atoms with van der Waals surface area (Å²) in [5, 5.41) is 41.9. The van der Waals surface area contributed by atoms with Gasteiger partial charge in [-0.1, -0.05) is 0 Å². The van der Waals surface area contributed by atoms with Gasteiger partial charge in [0.2, 0.25) is 11.9 Å². The summed E-state index contributed by atoms with van der Waals surface area (Å²) in [4.78, 5) is 64.2. The van der Waals surface area contributed by atoms with Crippen LogP contribution in [0.15, 0.2) is 22.2 Å². The third kappa shape index (κ3) is 6.32. The zero-order valence-electron chi connectivity index (χ0n) is 23.3. The van der Waals surface area contributed by atoms with Gasteiger partial charge < -0.3 is 51.2 Å². The van der Waals surface area contributed by atoms with Gasteiger partial charge in [0.25, 0.3) is 11.1 Å². The van der Waals surface area contributed by atoms with Crippen LogP contribution in [0, 0.1) is 0 Å². The molecule has 10 unspecified atom stereocenters. The van der Waals surface area contributed by atoms with E-state index < -0.39 is 89.1 Å². The Morgan fingerprint density at radius 3 is 1.51 bits per heavy atom. The standard InChI is InChI=1S/C20H26N10O15P2/c21-19-25-13-7(15(35)27-19)23-3-29(13)17-11(33)9(31)5(43-17)1-41-46(37,38)45-47(39,40)42-2-6-10(32)12(34)18(44-6)30-4-24-8-14(30)26-20(22)28-16(8)36/h3-6,9-12,17-18,31-34H,1-2H2,(H,37,38)(H,39,40)(H3,21,25,27,35)(H3,22,26,28,36). The number of nitrogens with two attached hydrogens (primary N) is 2. The summed E-state index contributed by atoms with van der Waals surface area (Å²) in [5.74, 6) is -0.549. The SMILES string of the molecule is Nc1nc2c(ncn2C2OC(COP(=O)(O)OP(=O)(O)OCC3OC(n4cnc5c(=O)[nH]c(N)nc54)C(O)C3O)C(O)C2O)c(=O)[nH]1. The zero-order chi connectivity index (χ0) is 34.0. The number of hydrogen-bond acceptors (Lipinski definition) is 19. The van der Waals surface area contributed by atoms with Gasteiger partial charge in [0.05, 0.1) is 25.9 Å². The zero-order valence-corrected chi connectivity index (χ0v) is 25.1. The van der Waals surface area contributed by atoms with Gasteiger partial charge in [-0.2, -0.15) is 14.3 Å². The molecule has 2 fully saturated rings. The predicted molar refractivity (Wildman–Crippen MR) is 150 cm³/mol. The van der Waals surface area contributed by atoms with Crippen LogP contribution in [0.4, 0.5) is 11.9 Å². The third-order valence-corrected chi connectivity index (χ3v) is 9.74. The first-order chi connectivity index (χ1) is 22.0. The van der Waals surface area contributed by atoms with Crippen molar-refractivity contribution >= 4 is 49.9 Å². The van der Waals surface area contributed by atoms with E-state index in [1.54, 1.807) is 0 Å². The summed E-state index contributed by atoms with van der Waals surface area (Å²) in [5.41, 5.74) is 9.19. The second kappa shape index (κ2) is 12.1. The molecule has 6 heterocycles. The number of rotatable bonds is 10. The summed E-state index contributed by atoms with van der Waals surface area (Å²) < 4.78 is 51.8. The number of ether oxygens (including phenoxy) is 2. The van der Waals surface area contributed by atoms with Crippen molar-refractivity contribution in [1.29, 1.82) is 0 Å². The van der Waals surface area contributed by atoms with Gasteiger partial charge >= 0.3 is 15.6 Å². The molecule has 25 nitrogen and oxygen atoms in total. The number of nitrogens with zero attached hydrogens (tertiary/aromatic N) is 6. The van der Waals surface area contributed by atoms with Crippen LogP contribution in [-0.2, 0) is 32.0 Å². The second-order valence-electron chi connectivity index (χ2n) is 10.3. The number of phosphoric acid groups is 2. The summed E-state index contributed by atoms with van der Waals surface area (Å²) in [7, 11) is -10.9. The number of phosphoric ester groups is 2. The van der Waals surface area contributed by atoms with E-state index in [0.717, 1.165) is 21.8 Å². The average Bonchev–Trinajstić information content (AvgIpc) is 3.72. The molecule has 12 N–H and O–H groups in total. The first kappa shape index (κ1) is 33.2. The van der Waals surface area contributed by atoms with Crippen molar-refractivity contribution in [2.75, 3.05) is 24.7 Å². The monoisotopic (exact) mass is 708 g/mol. The summed E-state index contributed by atoms with van der Waals surface area (Å²) >= 11 is 0. The first-order valence-electron chi connectivity index (χ1n) is 13.2. The predicted octanol–water partition coefficient (Wildman–Crippen LogP) is -4.09. The van der Waals surface area contributed by atoms with E-state index in [1.807, 2.05) is 0 Å². The van der Waals surface area contributed by atoms with Crippen LogP contribution in [0.2, 0.25) is 0 Å². The molecule has 0 spiro atoms. The second-order valence-corrected chi connectivity index (χ2v) is 13.3. The van der Waals surface area contributed by atoms with E-state index >= 15 is 0 Å². The molecule has 0 aromatic carbocycles. The van der Waals surface area contributed by atoms with E-state index in [2.05, 4.69) is 43.3 Å². The number of aromatic amines is 2. The van der Waals surface area contributed by atoms with Crippen molar-refractivity contribution in [3.05, 3.63) is 33.4 Å². The molecule has 4 aromatic heterocycles. The van der Waals surface area contributed by atoms with Crippen molar-refractivity contribution in [1.82, 2.24) is 39.0 Å². The van der Waals surface area contributed by atoms with E-state index in [9.17, 15) is 48.9 Å². The Bertz CT molecular complexity index is 1890. The lowest BCUT2D eigenvalue weighted by Crippen LogP contribution is -2.34. The van der Waals surface area contributed by atoms with E-state index in [4.69, 9.17) is 20.9 Å². The topological polar surface area (TPSA) is 381 Å². The Labute approximate surface area is 258 Å². The normalized spacial score (nSPS) is 30.6. The van der Waals surface area contributed by atoms with Crippen LogP contribution >= 0.6 is 15.6 Å². The summed E-state index contributed by atoms with van der Waals surface area (Å²) in [6, 6.07) is 0. The lowest BCUT2D eigenvalue weighted by Gasteiger charge is -2.20. The number of aliphatic hydroxyl groups excluding tert-OH is 4. The van der Waals surface area contributed by atoms with E-state index in [0.29, 0.717) is 0 Å². The van der Waals surface area contributed by atoms with E-state index in [-0.39, 0.29) is 34.2 Å². The molecule has 2 aliphatic rings. The number of anilines is 2. The highest BCUT2D eigenvalue weighted by molar-refractivity contribution is 7.61. The maximum atomic E-state index is 12.5. The fourth-order valence-corrected chi connectivity index (χ4v) is 7.06. The van der Waals surface area contributed by atoms with E-state index in [1.165, 1.54) is 0 Å². The van der Waals surface area contributed by atoms with Crippen molar-refractivity contribution in [2.45, 2.75) is 49.1 Å². The van der Waals surface area contributed by atoms with Crippen LogP contribution in [0.3, 0.4) is 0 Å². The molecule has 0 amide bonds. The molecule has 0 bridgehead atoms. The van der Waals surface area contributed by atoms with Gasteiger partial charge in [0.1, 0.15) is 36.6 Å². The molecular weight excluding hydrogens is 682 g/mol. The molecule has 2 aliphatic heterocycles. The highest BCUT2D eigenvalue weighted by Gasteiger charge is 2.48. The summed E-state index contributed by atoms with van der Waals surface area (Å²) in [6.45, 7) is -1.94. The number of aliphatic hydroxyl groups is 4. The number of imidazole rings is 2. The molecule has 6 rings (SSSR count). The van der Waals surface area contributed by atoms with Gasteiger partial charge in [-0.05, 0) is 0 Å². The van der Waals surface area contributed by atoms with Gasteiger partial charge in [-0.25, -0.2) is 19.1 Å². The highest BCUT2D eigenvalue weighted by atomic mass is 31.3. The van der Waals surface area contributed by atoms with Gasteiger partial charge in [0.15, 0.2) is 34.8 Å². The van der Waals surface area contributed by atoms with Crippen molar-refractivity contribution < 1.29 is 62.2 Å². The molecule has 27 heteroatoms. The van der Waals surface area contributed by atoms with Crippen molar-refractivity contribution in [3.63, 3.8) is 0 Å². The maximum absolute atomic E-state index is 12.5. The van der Waals surface area contributed by atoms with Crippen LogP contribution < -0.4 is 22.6 Å². The van der Waals surface area contributed by atoms with Gasteiger partial charge in [-0.3, -0.25) is 37.7 Å². The molecule has 47 heavy (non-hydrogen) atoms. The maximum Gasteiger partial charge on any atom is 0.481 e. The molecular formula is C20H26N10O15P2. The molecule has 0 aliphatic carbocycles. The number of nitrogens with one attached hydrogen (secondary N) is 2. The van der Waals surface area contributed by atoms with Crippen molar-refractivity contribution in [3.8, 4) is 0 Å². The first-order valence-corrected chi connectivity index (χ1v) is 16.2. The Kier molecular flexibility index (Phi) is 8.54. The van der Waals surface area contributed by atoms with Crippen LogP contribution in [-0.4, -0.2) is 119 Å². The minimum absolute atomic E-state index is 0.108. The largest absolute Gasteiger partial charge is 0.481 e. The molecule has 0 saturated carbocycles. The number of fused-ring (bicyclic) bond motifs is 2. The van der Waals surface area contributed by atoms with Crippen LogP contribution in [0.1, 0.15) is 12.5 Å². The number of hydrogen-bond donors (Lipinski definition) is 10. The summed E-state index contributed by atoms with van der Waals surface area (Å²) in [6.07, 6.45) is -10.6. The Hall–Kier alpha value is -3.68. The molecule has 256 valence electrons. The lowest BCUT2D eigenvalue weighted by molar-refractivity contribution is -0.0530. The van der Waals surface area contributed by atoms with Crippen LogP contribution in [0.25, 0.3) is 22.3 Å². The van der Waals surface area contributed by atoms with Crippen molar-refractivity contribution in [2.24, 2.45) is 0 Å². The Morgan fingerprint density at radius 1 is 0.745 bits per heavy atom.